The molecular formula is C12H14Cl30O. The van der Waals surface area contributed by atoms with Crippen LogP contribution in [0.2, 0.25) is 0 Å². The third-order valence-corrected chi connectivity index (χ3v) is 0.962. The van der Waals surface area contributed by atoms with Gasteiger partial charge >= 0.3 is 0 Å². The first-order valence-electron chi connectivity index (χ1n) is 7.63. The highest BCUT2D eigenvalue weighted by Crippen LogP contribution is 2.29. The summed E-state index contributed by atoms with van der Waals surface area (Å²) in [6.45, 7) is -0.0868. The van der Waals surface area contributed by atoms with Gasteiger partial charge in [-0.15, -0.1) is 0 Å². The number of aliphatic hydroxyl groups is 1. The molecule has 0 aliphatic heterocycles. The van der Waals surface area contributed by atoms with Gasteiger partial charge in [0.1, 0.15) is 0 Å². The number of aliphatic hydroxyl groups excluding tert-OH is 1. The molecule has 0 bridgehead atoms. The van der Waals surface area contributed by atoms with Crippen molar-refractivity contribution in [2.24, 2.45) is 0 Å². The van der Waals surface area contributed by atoms with Crippen LogP contribution < -0.4 is 0 Å². The fraction of sp³-hybridized carbons (Fsp3) is 1.00. The zero-order chi connectivity index (χ0) is 38.1. The number of rotatable bonds is 1. The summed E-state index contributed by atoms with van der Waals surface area (Å²) in [7, 11) is 0. The maximum atomic E-state index is 8.15. The highest BCUT2D eigenvalue weighted by molar-refractivity contribution is 6.68. The van der Waals surface area contributed by atoms with E-state index in [0.29, 0.717) is 0 Å². The lowest BCUT2D eigenvalue weighted by atomic mass is 10.5. The Hall–Kier alpha value is 8.66. The lowest BCUT2D eigenvalue weighted by Crippen LogP contribution is -2.03. The number of hydrogen-bond donors (Lipinski definition) is 1. The average molecular weight is 1240 g/mol. The Morgan fingerprint density at radius 2 is 0.349 bits per heavy atom. The van der Waals surface area contributed by atoms with Crippen LogP contribution in [-0.4, -0.2) is 54.2 Å². The van der Waals surface area contributed by atoms with Crippen molar-refractivity contribution in [1.29, 1.82) is 0 Å². The molecule has 0 saturated carbocycles. The second-order valence-electron chi connectivity index (χ2n) is 3.32. The summed E-state index contributed by atoms with van der Waals surface area (Å²) >= 11 is 145. The van der Waals surface area contributed by atoms with Gasteiger partial charge in [-0.25, -0.2) is 0 Å². The van der Waals surface area contributed by atoms with E-state index in [0.717, 1.165) is 0 Å². The minimum Gasteiger partial charge on any atom is -0.396 e. The monoisotopic (exact) mass is 1220 g/mol. The molecule has 0 aromatic carbocycles. The van der Waals surface area contributed by atoms with Crippen LogP contribution in [0.5, 0.6) is 0 Å². The first-order valence-corrected chi connectivity index (χ1v) is 20.5. The molecule has 0 atom stereocenters. The van der Waals surface area contributed by atoms with E-state index in [4.69, 9.17) is 353 Å². The molecule has 0 fully saturated rings. The fourth-order valence-electron chi connectivity index (χ4n) is 0.127. The Morgan fingerprint density at radius 1 is 0.279 bits per heavy atom. The molecule has 1 nitrogen and oxygen atoms in total. The highest BCUT2D eigenvalue weighted by atomic mass is 35.6. The van der Waals surface area contributed by atoms with Crippen molar-refractivity contribution >= 4 is 348 Å². The third-order valence-electron chi connectivity index (χ3n) is 0.395. The first kappa shape index (κ1) is 76.4. The Bertz CT molecular complexity index is 264. The zero-order valence-electron chi connectivity index (χ0n) is 18.9. The molecule has 0 aliphatic rings. The predicted octanol–water partition coefficient (Wildman–Crippen LogP) is 19.6. The molecule has 0 aromatic rings. The van der Waals surface area contributed by atoms with Crippen LogP contribution in [0, 0.1) is 0 Å². The number of hydrogen-bond acceptors (Lipinski definition) is 1. The van der Waals surface area contributed by atoms with Crippen LogP contribution >= 0.6 is 348 Å². The topological polar surface area (TPSA) is 20.2 Å². The van der Waals surface area contributed by atoms with E-state index in [-0.39, 0.29) is 13.0 Å². The first-order chi connectivity index (χ1) is 18.6. The van der Waals surface area contributed by atoms with Crippen molar-refractivity contribution in [2.75, 3.05) is 6.61 Å². The van der Waals surface area contributed by atoms with Gasteiger partial charge in [-0.3, -0.25) is 0 Å². The van der Waals surface area contributed by atoms with E-state index in [1.54, 1.807) is 0 Å². The van der Waals surface area contributed by atoms with Crippen molar-refractivity contribution in [1.82, 2.24) is 0 Å². The smallest absolute Gasteiger partial charge is 0.192 e. The Kier molecular flexibility index (Phi) is 116. The van der Waals surface area contributed by atoms with Crippen LogP contribution in [-0.2, 0) is 0 Å². The molecule has 0 radical (unpaired) electrons. The van der Waals surface area contributed by atoms with Gasteiger partial charge < -0.3 is 5.11 Å². The van der Waals surface area contributed by atoms with Gasteiger partial charge in [0.05, 0.1) is 0 Å². The Balaban J connectivity index is -0.0000000354. The van der Waals surface area contributed by atoms with Gasteiger partial charge in [0.25, 0.3) is 0 Å². The molecule has 0 saturated heterocycles. The molecule has 0 unspecified atom stereocenters. The standard InChI is InChI=1S/C3H5Cl3O.9CHCl3/c4-3(5,6)1-2-7;9*2-1(3)4/h7H,1-2H2;9*1H. The molecular weight excluding hydrogens is 1220 g/mol. The molecule has 43 heavy (non-hydrogen) atoms. The maximum absolute atomic E-state index is 8.15. The van der Waals surface area contributed by atoms with Crippen molar-refractivity contribution in [3.63, 3.8) is 0 Å². The number of alkyl halides is 30. The van der Waals surface area contributed by atoms with Gasteiger partial charge in [-0.05, 0) is 0 Å². The maximum Gasteiger partial charge on any atom is 0.192 e. The summed E-state index contributed by atoms with van der Waals surface area (Å²) in [4.78, 5) is 0. The van der Waals surface area contributed by atoms with Crippen LogP contribution in [0.15, 0.2) is 0 Å². The molecule has 278 valence electrons. The van der Waals surface area contributed by atoms with Crippen LogP contribution in [0.3, 0.4) is 0 Å². The minimum absolute atomic E-state index is 0.0868. The van der Waals surface area contributed by atoms with Crippen molar-refractivity contribution in [3.05, 3.63) is 0 Å². The minimum atomic E-state index is -1.28. The second kappa shape index (κ2) is 65.5. The number of halogens is 30. The molecule has 0 rings (SSSR count). The molecule has 0 amide bonds. The second-order valence-corrected chi connectivity index (χ2v) is 23.6. The lowest BCUT2D eigenvalue weighted by Gasteiger charge is -2.05. The van der Waals surface area contributed by atoms with Crippen molar-refractivity contribution in [2.45, 2.75) is 48.9 Å². The molecule has 0 spiro atoms. The summed E-state index contributed by atoms with van der Waals surface area (Å²) < 4.78 is -8.03. The third kappa shape index (κ3) is 748. The largest absolute Gasteiger partial charge is 0.396 e. The Morgan fingerprint density at radius 3 is 0.349 bits per heavy atom. The van der Waals surface area contributed by atoms with Gasteiger partial charge in [0, 0.05) is 13.0 Å². The summed E-state index contributed by atoms with van der Waals surface area (Å²) in [6.07, 6.45) is 0.192. The predicted molar refractivity (Wildman–Crippen MR) is 224 cm³/mol. The van der Waals surface area contributed by atoms with E-state index in [2.05, 4.69) is 0 Å². The fourth-order valence-corrected chi connectivity index (χ4v) is 0.380. The van der Waals surface area contributed by atoms with Gasteiger partial charge in [-0.2, -0.15) is 0 Å². The lowest BCUT2D eigenvalue weighted by molar-refractivity contribution is 0.290. The molecule has 0 aliphatic carbocycles. The van der Waals surface area contributed by atoms with Crippen LogP contribution in [0.25, 0.3) is 0 Å². The van der Waals surface area contributed by atoms with E-state index in [1.165, 1.54) is 0 Å². The summed E-state index contributed by atoms with van der Waals surface area (Å²) in [5.41, 5.74) is 0. The van der Waals surface area contributed by atoms with Gasteiger partial charge in [0.15, 0.2) is 42.5 Å². The van der Waals surface area contributed by atoms with Crippen molar-refractivity contribution in [3.8, 4) is 0 Å². The molecule has 1 N–H and O–H groups in total. The quantitative estimate of drug-likeness (QED) is 0.260. The van der Waals surface area contributed by atoms with E-state index < -0.39 is 42.5 Å². The molecule has 0 heterocycles. The van der Waals surface area contributed by atoms with Crippen molar-refractivity contribution < 1.29 is 5.11 Å². The van der Waals surface area contributed by atoms with E-state index in [1.807, 2.05) is 0 Å². The van der Waals surface area contributed by atoms with E-state index >= 15 is 0 Å². The van der Waals surface area contributed by atoms with Gasteiger partial charge in [-0.1, -0.05) is 348 Å². The summed E-state index contributed by atoms with van der Waals surface area (Å²) in [5, 5.41) is 8.15. The highest BCUT2D eigenvalue weighted by Gasteiger charge is 2.17. The Labute approximate surface area is 402 Å². The molecule has 31 heteroatoms. The average Bonchev–Trinajstić information content (AvgIpc) is 2.55. The summed E-state index contributed by atoms with van der Waals surface area (Å²) in [5.74, 6) is 0. The molecule has 0 aromatic heterocycles. The zero-order valence-corrected chi connectivity index (χ0v) is 41.6. The van der Waals surface area contributed by atoms with Gasteiger partial charge in [0.2, 0.25) is 0 Å². The van der Waals surface area contributed by atoms with Crippen LogP contribution in [0.1, 0.15) is 6.42 Å². The normalized spacial score (nSPS) is 9.49. The summed E-state index contributed by atoms with van der Waals surface area (Å²) in [6, 6.07) is 0. The van der Waals surface area contributed by atoms with Crippen LogP contribution in [0.4, 0.5) is 0 Å². The van der Waals surface area contributed by atoms with E-state index in [9.17, 15) is 0 Å². The SMILES string of the molecule is ClC(Cl)Cl.ClC(Cl)Cl.ClC(Cl)Cl.ClC(Cl)Cl.ClC(Cl)Cl.ClC(Cl)Cl.ClC(Cl)Cl.ClC(Cl)Cl.ClC(Cl)Cl.OCCC(Cl)(Cl)Cl.